The van der Waals surface area contributed by atoms with Gasteiger partial charge in [0.15, 0.2) is 0 Å². The van der Waals surface area contributed by atoms with Crippen molar-refractivity contribution >= 4 is 0 Å². The Morgan fingerprint density at radius 2 is 1.88 bits per heavy atom. The number of benzene rings is 2. The van der Waals surface area contributed by atoms with Crippen LogP contribution in [0.1, 0.15) is 36.1 Å². The molecule has 0 radical (unpaired) electrons. The summed E-state index contributed by atoms with van der Waals surface area (Å²) in [4.78, 5) is 0. The number of halogens is 3. The summed E-state index contributed by atoms with van der Waals surface area (Å²) in [5.41, 5.74) is 2.28. The van der Waals surface area contributed by atoms with Gasteiger partial charge in [-0.15, -0.1) is 0 Å². The average molecular weight is 365 g/mol. The molecule has 0 bridgehead atoms. The number of rotatable bonds is 6. The van der Waals surface area contributed by atoms with Crippen LogP contribution < -0.4 is 14.8 Å². The Labute approximate surface area is 151 Å². The van der Waals surface area contributed by atoms with Crippen LogP contribution in [0.3, 0.4) is 0 Å². The van der Waals surface area contributed by atoms with Gasteiger partial charge in [0.05, 0.1) is 12.2 Å². The normalized spacial score (nSPS) is 16.3. The minimum atomic E-state index is -4.31. The van der Waals surface area contributed by atoms with E-state index in [1.807, 2.05) is 26.0 Å². The highest BCUT2D eigenvalue weighted by molar-refractivity contribution is 5.48. The van der Waals surface area contributed by atoms with Gasteiger partial charge in [0, 0.05) is 30.6 Å². The summed E-state index contributed by atoms with van der Waals surface area (Å²) in [6.45, 7) is 5.55. The molecule has 3 rings (SSSR count). The summed E-state index contributed by atoms with van der Waals surface area (Å²) in [6.07, 6.45) is -3.27. The summed E-state index contributed by atoms with van der Waals surface area (Å²) >= 11 is 0. The molecule has 1 heterocycles. The zero-order chi connectivity index (χ0) is 18.7. The zero-order valence-corrected chi connectivity index (χ0v) is 14.8. The molecule has 1 atom stereocenters. The quantitative estimate of drug-likeness (QED) is 0.804. The summed E-state index contributed by atoms with van der Waals surface area (Å²) in [7, 11) is 0. The Hall–Kier alpha value is -2.21. The Morgan fingerprint density at radius 3 is 2.54 bits per heavy atom. The van der Waals surface area contributed by atoms with Gasteiger partial charge in [-0.25, -0.2) is 0 Å². The van der Waals surface area contributed by atoms with E-state index in [2.05, 4.69) is 5.32 Å². The highest BCUT2D eigenvalue weighted by Crippen LogP contribution is 2.35. The second-order valence-corrected chi connectivity index (χ2v) is 6.43. The van der Waals surface area contributed by atoms with Gasteiger partial charge < -0.3 is 14.8 Å². The van der Waals surface area contributed by atoms with E-state index < -0.39 is 11.7 Å². The molecule has 2 aromatic carbocycles. The second-order valence-electron chi connectivity index (χ2n) is 6.43. The van der Waals surface area contributed by atoms with Gasteiger partial charge in [-0.1, -0.05) is 12.1 Å². The van der Waals surface area contributed by atoms with E-state index in [1.54, 1.807) is 0 Å². The molecular formula is C20H22F3NO2. The predicted molar refractivity (Wildman–Crippen MR) is 93.4 cm³/mol. The lowest BCUT2D eigenvalue weighted by Crippen LogP contribution is -2.14. The van der Waals surface area contributed by atoms with Crippen molar-refractivity contribution in [3.05, 3.63) is 58.7 Å². The van der Waals surface area contributed by atoms with Crippen LogP contribution in [0.5, 0.6) is 11.5 Å². The molecular weight excluding hydrogens is 343 g/mol. The monoisotopic (exact) mass is 365 g/mol. The Morgan fingerprint density at radius 1 is 1.15 bits per heavy atom. The molecule has 140 valence electrons. The molecule has 0 aliphatic carbocycles. The standard InChI is InChI=1S/C20H22F3NO2/c1-3-25-18-9-15-8-13(2)26-19(15)10-16(18)12-24-11-14-4-6-17(7-5-14)20(21,22)23/h4-7,9-10,13,24H,3,8,11-12H2,1-2H3/t13-/m1/s1. The Bertz CT molecular complexity index is 757. The summed E-state index contributed by atoms with van der Waals surface area (Å²) in [6, 6.07) is 9.21. The first kappa shape index (κ1) is 18.6. The molecule has 0 fully saturated rings. The van der Waals surface area contributed by atoms with Gasteiger partial charge in [0.1, 0.15) is 17.6 Å². The predicted octanol–water partition coefficient (Wildman–Crippen LogP) is 4.72. The van der Waals surface area contributed by atoms with Crippen LogP contribution >= 0.6 is 0 Å². The number of fused-ring (bicyclic) bond motifs is 1. The first-order chi connectivity index (χ1) is 12.4. The van der Waals surface area contributed by atoms with E-state index in [0.717, 1.165) is 46.7 Å². The first-order valence-electron chi connectivity index (χ1n) is 8.69. The van der Waals surface area contributed by atoms with Crippen LogP contribution in [0.2, 0.25) is 0 Å². The Balaban J connectivity index is 1.65. The molecule has 1 aliphatic heterocycles. The zero-order valence-electron chi connectivity index (χ0n) is 14.8. The summed E-state index contributed by atoms with van der Waals surface area (Å²) < 4.78 is 49.3. The van der Waals surface area contributed by atoms with Crippen LogP contribution in [-0.2, 0) is 25.7 Å². The largest absolute Gasteiger partial charge is 0.494 e. The van der Waals surface area contributed by atoms with Crippen molar-refractivity contribution in [2.45, 2.75) is 45.6 Å². The van der Waals surface area contributed by atoms with Crippen molar-refractivity contribution in [1.82, 2.24) is 5.32 Å². The lowest BCUT2D eigenvalue weighted by Gasteiger charge is -2.14. The molecule has 0 spiro atoms. The van der Waals surface area contributed by atoms with Gasteiger partial charge in [-0.2, -0.15) is 13.2 Å². The molecule has 6 heteroatoms. The van der Waals surface area contributed by atoms with E-state index in [-0.39, 0.29) is 6.10 Å². The molecule has 1 N–H and O–H groups in total. The lowest BCUT2D eigenvalue weighted by atomic mass is 10.1. The number of nitrogens with one attached hydrogen (secondary N) is 1. The van der Waals surface area contributed by atoms with Gasteiger partial charge in [-0.05, 0) is 43.7 Å². The van der Waals surface area contributed by atoms with E-state index in [4.69, 9.17) is 9.47 Å². The molecule has 1 aliphatic rings. The SMILES string of the molecule is CCOc1cc2c(cc1CNCc1ccc(C(F)(F)F)cc1)O[C@H](C)C2. The fraction of sp³-hybridized carbons (Fsp3) is 0.400. The van der Waals surface area contributed by atoms with E-state index in [9.17, 15) is 13.2 Å². The minimum absolute atomic E-state index is 0.162. The molecule has 2 aromatic rings. The molecule has 0 saturated heterocycles. The third-order valence-electron chi connectivity index (χ3n) is 4.30. The van der Waals surface area contributed by atoms with Crippen molar-refractivity contribution in [1.29, 1.82) is 0 Å². The highest BCUT2D eigenvalue weighted by Gasteiger charge is 2.29. The first-order valence-corrected chi connectivity index (χ1v) is 8.69. The van der Waals surface area contributed by atoms with Crippen LogP contribution in [0.25, 0.3) is 0 Å². The third kappa shape index (κ3) is 4.30. The third-order valence-corrected chi connectivity index (χ3v) is 4.30. The maximum atomic E-state index is 12.6. The average Bonchev–Trinajstić information content (AvgIpc) is 2.94. The maximum absolute atomic E-state index is 12.6. The summed E-state index contributed by atoms with van der Waals surface area (Å²) in [5.74, 6) is 1.70. The number of hydrogen-bond donors (Lipinski definition) is 1. The van der Waals surface area contributed by atoms with Crippen LogP contribution in [0.15, 0.2) is 36.4 Å². The van der Waals surface area contributed by atoms with Crippen molar-refractivity contribution in [2.75, 3.05) is 6.61 Å². The van der Waals surface area contributed by atoms with E-state index >= 15 is 0 Å². The van der Waals surface area contributed by atoms with Crippen molar-refractivity contribution in [2.24, 2.45) is 0 Å². The molecule has 0 aromatic heterocycles. The van der Waals surface area contributed by atoms with Gasteiger partial charge in [-0.3, -0.25) is 0 Å². The van der Waals surface area contributed by atoms with Crippen LogP contribution in [-0.4, -0.2) is 12.7 Å². The smallest absolute Gasteiger partial charge is 0.416 e. The number of hydrogen-bond acceptors (Lipinski definition) is 3. The molecule has 0 unspecified atom stereocenters. The topological polar surface area (TPSA) is 30.5 Å². The molecule has 0 saturated carbocycles. The summed E-state index contributed by atoms with van der Waals surface area (Å²) in [5, 5.41) is 3.26. The van der Waals surface area contributed by atoms with Crippen LogP contribution in [0, 0.1) is 0 Å². The highest BCUT2D eigenvalue weighted by atomic mass is 19.4. The molecule has 26 heavy (non-hydrogen) atoms. The maximum Gasteiger partial charge on any atom is 0.416 e. The molecule has 0 amide bonds. The van der Waals surface area contributed by atoms with Crippen molar-refractivity contribution < 1.29 is 22.6 Å². The molecule has 3 nitrogen and oxygen atoms in total. The van der Waals surface area contributed by atoms with E-state index in [1.165, 1.54) is 12.1 Å². The fourth-order valence-electron chi connectivity index (χ4n) is 3.06. The minimum Gasteiger partial charge on any atom is -0.494 e. The Kier molecular flexibility index (Phi) is 5.41. The fourth-order valence-corrected chi connectivity index (χ4v) is 3.06. The number of alkyl halides is 3. The second kappa shape index (κ2) is 7.58. The van der Waals surface area contributed by atoms with Crippen molar-refractivity contribution in [3.63, 3.8) is 0 Å². The van der Waals surface area contributed by atoms with E-state index in [0.29, 0.717) is 19.7 Å². The van der Waals surface area contributed by atoms with Gasteiger partial charge in [0.2, 0.25) is 0 Å². The van der Waals surface area contributed by atoms with Crippen LogP contribution in [0.4, 0.5) is 13.2 Å². The lowest BCUT2D eigenvalue weighted by molar-refractivity contribution is -0.137. The van der Waals surface area contributed by atoms with Gasteiger partial charge in [0.25, 0.3) is 0 Å². The number of ether oxygens (including phenoxy) is 2. The van der Waals surface area contributed by atoms with Gasteiger partial charge >= 0.3 is 6.18 Å². The van der Waals surface area contributed by atoms with Crippen molar-refractivity contribution in [3.8, 4) is 11.5 Å².